The van der Waals surface area contributed by atoms with E-state index in [0.717, 1.165) is 25.7 Å². The fourth-order valence-corrected chi connectivity index (χ4v) is 5.26. The van der Waals surface area contributed by atoms with Gasteiger partial charge in [0.05, 0.1) is 0 Å². The number of rotatable bonds is 0. The van der Waals surface area contributed by atoms with Crippen molar-refractivity contribution in [2.24, 2.45) is 17.3 Å². The lowest BCUT2D eigenvalue weighted by atomic mass is 9.58. The standard InChI is InChI=1S/C20H22O2/c1-3-20(22)11-9-18-17-6-4-13-12-14(21)5-7-15(13)16(17)8-10-19(18,20)2/h1,8,10,12,17-18,22H,4-7,9,11H2,2H3/t17-,18-,19-,20+/m1/s1. The zero-order chi connectivity index (χ0) is 15.5. The van der Waals surface area contributed by atoms with E-state index in [1.54, 1.807) is 0 Å². The maximum absolute atomic E-state index is 11.7. The van der Waals surface area contributed by atoms with Crippen LogP contribution in [0.4, 0.5) is 0 Å². The Labute approximate surface area is 132 Å². The number of hydrogen-bond acceptors (Lipinski definition) is 2. The Bertz CT molecular complexity index is 687. The maximum atomic E-state index is 11.7. The van der Waals surface area contributed by atoms with Crippen LogP contribution < -0.4 is 0 Å². The van der Waals surface area contributed by atoms with E-state index >= 15 is 0 Å². The molecule has 0 aromatic heterocycles. The van der Waals surface area contributed by atoms with Crippen LogP contribution in [0.1, 0.15) is 45.4 Å². The van der Waals surface area contributed by atoms with Gasteiger partial charge in [0.2, 0.25) is 0 Å². The van der Waals surface area contributed by atoms with E-state index in [2.05, 4.69) is 25.0 Å². The van der Waals surface area contributed by atoms with Crippen LogP contribution in [0.15, 0.2) is 34.9 Å². The molecule has 2 heteroatoms. The monoisotopic (exact) mass is 294 g/mol. The van der Waals surface area contributed by atoms with E-state index in [4.69, 9.17) is 6.42 Å². The summed E-state index contributed by atoms with van der Waals surface area (Å²) in [5.74, 6) is 3.84. The van der Waals surface area contributed by atoms with Gasteiger partial charge >= 0.3 is 0 Å². The van der Waals surface area contributed by atoms with Crippen molar-refractivity contribution in [1.29, 1.82) is 0 Å². The highest BCUT2D eigenvalue weighted by molar-refractivity contribution is 5.93. The van der Waals surface area contributed by atoms with Gasteiger partial charge in [-0.25, -0.2) is 0 Å². The van der Waals surface area contributed by atoms with Crippen molar-refractivity contribution in [2.75, 3.05) is 0 Å². The maximum Gasteiger partial charge on any atom is 0.156 e. The van der Waals surface area contributed by atoms with Crippen molar-refractivity contribution in [2.45, 2.75) is 51.0 Å². The first-order chi connectivity index (χ1) is 10.5. The molecule has 0 bridgehead atoms. The molecule has 0 amide bonds. The molecule has 4 rings (SSSR count). The lowest BCUT2D eigenvalue weighted by Crippen LogP contribution is -2.46. The fraction of sp³-hybridized carbons (Fsp3) is 0.550. The van der Waals surface area contributed by atoms with Crippen LogP contribution in [-0.2, 0) is 4.79 Å². The largest absolute Gasteiger partial charge is 0.377 e. The second kappa shape index (κ2) is 4.46. The van der Waals surface area contributed by atoms with E-state index in [0.29, 0.717) is 24.7 Å². The first kappa shape index (κ1) is 14.0. The van der Waals surface area contributed by atoms with E-state index in [1.165, 1.54) is 16.7 Å². The molecule has 1 N–H and O–H groups in total. The summed E-state index contributed by atoms with van der Waals surface area (Å²) in [5.41, 5.74) is 2.73. The first-order valence-electron chi connectivity index (χ1n) is 8.35. The van der Waals surface area contributed by atoms with Crippen molar-refractivity contribution in [1.82, 2.24) is 0 Å². The summed E-state index contributed by atoms with van der Waals surface area (Å²) in [6, 6.07) is 0. The number of ketones is 1. The van der Waals surface area contributed by atoms with Crippen molar-refractivity contribution in [3.63, 3.8) is 0 Å². The minimum absolute atomic E-state index is 0.269. The Morgan fingerprint density at radius 1 is 1.32 bits per heavy atom. The summed E-state index contributed by atoms with van der Waals surface area (Å²) in [4.78, 5) is 11.7. The summed E-state index contributed by atoms with van der Waals surface area (Å²) in [7, 11) is 0. The van der Waals surface area contributed by atoms with Crippen LogP contribution in [0.3, 0.4) is 0 Å². The average molecular weight is 294 g/mol. The Balaban J connectivity index is 1.83. The molecule has 4 aliphatic rings. The molecular weight excluding hydrogens is 272 g/mol. The van der Waals surface area contributed by atoms with E-state index in [-0.39, 0.29) is 11.2 Å². The number of aliphatic hydroxyl groups is 1. The van der Waals surface area contributed by atoms with Crippen molar-refractivity contribution in [3.05, 3.63) is 34.9 Å². The molecule has 2 nitrogen and oxygen atoms in total. The molecule has 1 saturated carbocycles. The molecular formula is C20H22O2. The fourth-order valence-electron chi connectivity index (χ4n) is 5.26. The van der Waals surface area contributed by atoms with E-state index < -0.39 is 5.60 Å². The van der Waals surface area contributed by atoms with E-state index in [1.807, 2.05) is 6.08 Å². The summed E-state index contributed by atoms with van der Waals surface area (Å²) in [6.45, 7) is 2.12. The number of allylic oxidation sites excluding steroid dienone is 5. The third-order valence-electron chi connectivity index (χ3n) is 6.63. The Hall–Kier alpha value is -1.59. The number of hydrogen-bond donors (Lipinski definition) is 1. The highest BCUT2D eigenvalue weighted by Gasteiger charge is 2.58. The number of fused-ring (bicyclic) bond motifs is 4. The molecule has 0 aromatic rings. The number of carbonyl (C=O) groups excluding carboxylic acids is 1. The van der Waals surface area contributed by atoms with Crippen LogP contribution in [0.5, 0.6) is 0 Å². The molecule has 0 aromatic carbocycles. The minimum Gasteiger partial charge on any atom is -0.377 e. The third kappa shape index (κ3) is 1.64. The molecule has 4 aliphatic carbocycles. The van der Waals surface area contributed by atoms with Crippen molar-refractivity contribution >= 4 is 5.78 Å². The van der Waals surface area contributed by atoms with Crippen LogP contribution in [-0.4, -0.2) is 16.5 Å². The van der Waals surface area contributed by atoms with Gasteiger partial charge in [-0.2, -0.15) is 0 Å². The molecule has 0 saturated heterocycles. The van der Waals surface area contributed by atoms with Gasteiger partial charge in [0.15, 0.2) is 5.78 Å². The van der Waals surface area contributed by atoms with Crippen LogP contribution in [0, 0.1) is 29.6 Å². The highest BCUT2D eigenvalue weighted by atomic mass is 16.3. The van der Waals surface area contributed by atoms with Crippen LogP contribution >= 0.6 is 0 Å². The minimum atomic E-state index is -1.01. The molecule has 114 valence electrons. The third-order valence-corrected chi connectivity index (χ3v) is 6.63. The highest BCUT2D eigenvalue weighted by Crippen LogP contribution is 2.60. The SMILES string of the molecule is C#C[C@]1(O)CC[C@@H]2[C@@H]3CCC4=CC(=O)CCC4=C3C=C[C@]21C. The summed E-state index contributed by atoms with van der Waals surface area (Å²) < 4.78 is 0. The molecule has 1 fully saturated rings. The topological polar surface area (TPSA) is 37.3 Å². The van der Waals surface area contributed by atoms with Gasteiger partial charge in [0.1, 0.15) is 5.60 Å². The Morgan fingerprint density at radius 2 is 2.14 bits per heavy atom. The van der Waals surface area contributed by atoms with Gasteiger partial charge in [-0.3, -0.25) is 4.79 Å². The van der Waals surface area contributed by atoms with E-state index in [9.17, 15) is 9.90 Å². The van der Waals surface area contributed by atoms with Crippen LogP contribution in [0.25, 0.3) is 0 Å². The van der Waals surface area contributed by atoms with Gasteiger partial charge in [-0.05, 0) is 66.7 Å². The second-order valence-electron chi connectivity index (χ2n) is 7.48. The molecule has 0 aliphatic heterocycles. The predicted octanol–water partition coefficient (Wildman–Crippen LogP) is 3.33. The van der Waals surface area contributed by atoms with Gasteiger partial charge in [-0.1, -0.05) is 25.0 Å². The van der Waals surface area contributed by atoms with Crippen molar-refractivity contribution in [3.8, 4) is 12.3 Å². The lowest BCUT2D eigenvalue weighted by molar-refractivity contribution is -0.114. The van der Waals surface area contributed by atoms with Crippen molar-refractivity contribution < 1.29 is 9.90 Å². The van der Waals surface area contributed by atoms with Crippen LogP contribution in [0.2, 0.25) is 0 Å². The summed E-state index contributed by atoms with van der Waals surface area (Å²) >= 11 is 0. The number of terminal acetylenes is 1. The number of carbonyl (C=O) groups is 1. The quantitative estimate of drug-likeness (QED) is 0.696. The predicted molar refractivity (Wildman–Crippen MR) is 85.8 cm³/mol. The molecule has 4 atom stereocenters. The molecule has 0 radical (unpaired) electrons. The van der Waals surface area contributed by atoms with Gasteiger partial charge in [0.25, 0.3) is 0 Å². The summed E-state index contributed by atoms with van der Waals surface area (Å²) in [6.07, 6.45) is 17.1. The Kier molecular flexibility index (Phi) is 2.84. The zero-order valence-corrected chi connectivity index (χ0v) is 13.1. The Morgan fingerprint density at radius 3 is 2.91 bits per heavy atom. The molecule has 22 heavy (non-hydrogen) atoms. The average Bonchev–Trinajstić information content (AvgIpc) is 2.79. The van der Waals surface area contributed by atoms with Gasteiger partial charge < -0.3 is 5.11 Å². The normalized spacial score (nSPS) is 43.1. The molecule has 0 heterocycles. The van der Waals surface area contributed by atoms with Gasteiger partial charge in [0, 0.05) is 11.8 Å². The molecule has 0 unspecified atom stereocenters. The molecule has 0 spiro atoms. The lowest BCUT2D eigenvalue weighted by Gasteiger charge is -2.46. The van der Waals surface area contributed by atoms with Gasteiger partial charge in [-0.15, -0.1) is 6.42 Å². The zero-order valence-electron chi connectivity index (χ0n) is 13.1. The second-order valence-corrected chi connectivity index (χ2v) is 7.48. The summed E-state index contributed by atoms with van der Waals surface area (Å²) in [5, 5.41) is 10.9. The first-order valence-corrected chi connectivity index (χ1v) is 8.35. The smallest absolute Gasteiger partial charge is 0.156 e.